The third kappa shape index (κ3) is 11.9. The summed E-state index contributed by atoms with van der Waals surface area (Å²) >= 11 is 0. The summed E-state index contributed by atoms with van der Waals surface area (Å²) < 4.78 is 0. The lowest BCUT2D eigenvalue weighted by Crippen LogP contribution is -3.15. The number of hydrogen-bond donors (Lipinski definition) is 2. The third-order valence-corrected chi connectivity index (χ3v) is 4.28. The van der Waals surface area contributed by atoms with Gasteiger partial charge in [0.2, 0.25) is 0 Å². The minimum absolute atomic E-state index is 0. The molecule has 118 valence electrons. The van der Waals surface area contributed by atoms with Gasteiger partial charge in [-0.1, -0.05) is 45.4 Å². The molecule has 19 heavy (non-hydrogen) atoms. The van der Waals surface area contributed by atoms with Crippen LogP contribution < -0.4 is 27.6 Å². The molecule has 2 nitrogen and oxygen atoms in total. The lowest BCUT2D eigenvalue weighted by atomic mass is 9.96. The maximum absolute atomic E-state index is 6.16. The second-order valence-corrected chi connectivity index (χ2v) is 6.61. The van der Waals surface area contributed by atoms with Crippen LogP contribution in [0.15, 0.2) is 0 Å². The molecule has 0 rings (SSSR count). The Morgan fingerprint density at radius 2 is 1.37 bits per heavy atom. The molecular formula is C16H37BrN2. The van der Waals surface area contributed by atoms with E-state index in [9.17, 15) is 0 Å². The van der Waals surface area contributed by atoms with Crippen molar-refractivity contribution in [2.75, 3.05) is 13.6 Å². The van der Waals surface area contributed by atoms with Gasteiger partial charge in [0.15, 0.2) is 0 Å². The lowest BCUT2D eigenvalue weighted by Gasteiger charge is -2.32. The lowest BCUT2D eigenvalue weighted by molar-refractivity contribution is -0.908. The van der Waals surface area contributed by atoms with E-state index in [0.717, 1.165) is 0 Å². The summed E-state index contributed by atoms with van der Waals surface area (Å²) in [4.78, 5) is 1.58. The third-order valence-electron chi connectivity index (χ3n) is 4.28. The van der Waals surface area contributed by atoms with Gasteiger partial charge in [-0.3, -0.25) is 0 Å². The van der Waals surface area contributed by atoms with Crippen LogP contribution in [0.3, 0.4) is 0 Å². The van der Waals surface area contributed by atoms with Crippen molar-refractivity contribution < 1.29 is 21.9 Å². The molecule has 0 bridgehead atoms. The van der Waals surface area contributed by atoms with Gasteiger partial charge in [-0.25, -0.2) is 0 Å². The van der Waals surface area contributed by atoms with Gasteiger partial charge in [0.05, 0.1) is 19.1 Å². The van der Waals surface area contributed by atoms with Crippen LogP contribution in [-0.2, 0) is 0 Å². The van der Waals surface area contributed by atoms with E-state index in [4.69, 9.17) is 5.73 Å². The molecule has 0 aromatic heterocycles. The molecule has 0 aliphatic rings. The van der Waals surface area contributed by atoms with Crippen molar-refractivity contribution in [3.05, 3.63) is 0 Å². The fourth-order valence-electron chi connectivity index (χ4n) is 2.39. The number of quaternary nitrogens is 1. The molecule has 0 aromatic carbocycles. The first-order valence-electron chi connectivity index (χ1n) is 8.00. The molecule has 0 heterocycles. The normalized spacial score (nSPS) is 14.8. The minimum atomic E-state index is -0.0652. The molecule has 0 aliphatic carbocycles. The summed E-state index contributed by atoms with van der Waals surface area (Å²) in [6.07, 6.45) is 11.2. The van der Waals surface area contributed by atoms with Gasteiger partial charge in [-0.2, -0.15) is 0 Å². The fraction of sp³-hybridized carbons (Fsp3) is 1.00. The largest absolute Gasteiger partial charge is 1.00 e. The Morgan fingerprint density at radius 3 is 1.79 bits per heavy atom. The highest BCUT2D eigenvalue weighted by Gasteiger charge is 2.27. The van der Waals surface area contributed by atoms with Crippen LogP contribution in [0.25, 0.3) is 0 Å². The molecule has 2 unspecified atom stereocenters. The van der Waals surface area contributed by atoms with Gasteiger partial charge in [0.1, 0.15) is 6.04 Å². The van der Waals surface area contributed by atoms with Crippen LogP contribution >= 0.6 is 0 Å². The summed E-state index contributed by atoms with van der Waals surface area (Å²) in [7, 11) is 2.28. The summed E-state index contributed by atoms with van der Waals surface area (Å²) in [5.41, 5.74) is 6.09. The zero-order valence-electron chi connectivity index (χ0n) is 13.9. The average Bonchev–Trinajstić information content (AvgIpc) is 2.30. The van der Waals surface area contributed by atoms with Crippen molar-refractivity contribution in [2.24, 2.45) is 5.73 Å². The van der Waals surface area contributed by atoms with E-state index in [1.54, 1.807) is 4.90 Å². The highest BCUT2D eigenvalue weighted by molar-refractivity contribution is 4.77. The predicted octanol–water partition coefficient (Wildman–Crippen LogP) is -0.228. The van der Waals surface area contributed by atoms with E-state index < -0.39 is 0 Å². The highest BCUT2D eigenvalue weighted by atomic mass is 79.9. The Kier molecular flexibility index (Phi) is 13.9. The maximum atomic E-state index is 6.16. The molecule has 3 N–H and O–H groups in total. The predicted molar refractivity (Wildman–Crippen MR) is 82.1 cm³/mol. The molecule has 0 aliphatic heterocycles. The summed E-state index contributed by atoms with van der Waals surface area (Å²) in [5.74, 6) is 0. The second-order valence-electron chi connectivity index (χ2n) is 6.61. The van der Waals surface area contributed by atoms with E-state index in [0.29, 0.717) is 6.04 Å². The molecule has 0 fully saturated rings. The minimum Gasteiger partial charge on any atom is -1.00 e. The Hall–Kier alpha value is 0.400. The van der Waals surface area contributed by atoms with Crippen molar-refractivity contribution in [2.45, 2.75) is 90.6 Å². The quantitative estimate of drug-likeness (QED) is 0.502. The van der Waals surface area contributed by atoms with Crippen LogP contribution in [0.4, 0.5) is 0 Å². The number of rotatable bonds is 11. The fourth-order valence-corrected chi connectivity index (χ4v) is 2.39. The van der Waals surface area contributed by atoms with Crippen molar-refractivity contribution in [1.82, 2.24) is 0 Å². The van der Waals surface area contributed by atoms with E-state index >= 15 is 0 Å². The van der Waals surface area contributed by atoms with Crippen LogP contribution in [0, 0.1) is 0 Å². The van der Waals surface area contributed by atoms with E-state index in [-0.39, 0.29) is 22.5 Å². The molecule has 3 heteroatoms. The first-order valence-corrected chi connectivity index (χ1v) is 8.00. The van der Waals surface area contributed by atoms with Gasteiger partial charge in [-0.15, -0.1) is 0 Å². The van der Waals surface area contributed by atoms with Crippen molar-refractivity contribution in [3.63, 3.8) is 0 Å². The Bertz CT molecular complexity index is 190. The number of nitrogens with one attached hydrogen (secondary N) is 1. The molecule has 0 spiro atoms. The molecule has 0 saturated carbocycles. The zero-order valence-corrected chi connectivity index (χ0v) is 15.5. The molecule has 0 radical (unpaired) electrons. The first-order chi connectivity index (χ1) is 8.39. The standard InChI is InChI=1S/C16H36N2.BrH/c1-6-7-8-9-10-11-12-13-14-18(5)15(2)16(3,4)17;/h15H,6-14,17H2,1-5H3;1H. The van der Waals surface area contributed by atoms with Crippen molar-refractivity contribution in [1.29, 1.82) is 0 Å². The number of halogens is 1. The Labute approximate surface area is 132 Å². The van der Waals surface area contributed by atoms with Crippen LogP contribution in [0.5, 0.6) is 0 Å². The van der Waals surface area contributed by atoms with Crippen LogP contribution in [0.2, 0.25) is 0 Å². The zero-order chi connectivity index (χ0) is 14.0. The smallest absolute Gasteiger partial charge is 0.102 e. The number of likely N-dealkylation sites (N-methyl/N-ethyl adjacent to an activating group) is 1. The summed E-state index contributed by atoms with van der Waals surface area (Å²) in [6.45, 7) is 10.1. The number of hydrogen-bond acceptors (Lipinski definition) is 1. The monoisotopic (exact) mass is 336 g/mol. The van der Waals surface area contributed by atoms with E-state index in [1.165, 1.54) is 57.9 Å². The summed E-state index contributed by atoms with van der Waals surface area (Å²) in [6, 6.07) is 0.530. The Morgan fingerprint density at radius 1 is 0.947 bits per heavy atom. The highest BCUT2D eigenvalue weighted by Crippen LogP contribution is 2.07. The van der Waals surface area contributed by atoms with Gasteiger partial charge >= 0.3 is 0 Å². The van der Waals surface area contributed by atoms with Crippen molar-refractivity contribution >= 4 is 0 Å². The first kappa shape index (κ1) is 21.7. The van der Waals surface area contributed by atoms with Crippen LogP contribution in [0.1, 0.15) is 79.1 Å². The van der Waals surface area contributed by atoms with Crippen LogP contribution in [-0.4, -0.2) is 25.2 Å². The summed E-state index contributed by atoms with van der Waals surface area (Å²) in [5, 5.41) is 0. The van der Waals surface area contributed by atoms with E-state index in [1.807, 2.05) is 0 Å². The molecule has 0 amide bonds. The molecular weight excluding hydrogens is 300 g/mol. The molecule has 0 saturated heterocycles. The van der Waals surface area contributed by atoms with Gasteiger partial charge in [0, 0.05) is 0 Å². The molecule has 2 atom stereocenters. The van der Waals surface area contributed by atoms with Gasteiger partial charge in [-0.05, 0) is 33.6 Å². The Balaban J connectivity index is 0. The number of unbranched alkanes of at least 4 members (excludes halogenated alkanes) is 7. The molecule has 0 aromatic rings. The topological polar surface area (TPSA) is 30.5 Å². The van der Waals surface area contributed by atoms with Crippen molar-refractivity contribution in [3.8, 4) is 0 Å². The van der Waals surface area contributed by atoms with E-state index in [2.05, 4.69) is 34.7 Å². The maximum Gasteiger partial charge on any atom is 0.102 e. The SMILES string of the molecule is CCCCCCCCCC[NH+](C)C(C)C(C)(C)N.[Br-]. The van der Waals surface area contributed by atoms with Gasteiger partial charge in [0.25, 0.3) is 0 Å². The number of nitrogens with two attached hydrogens (primary N) is 1. The van der Waals surface area contributed by atoms with Gasteiger partial charge < -0.3 is 27.6 Å². The second kappa shape index (κ2) is 12.2. The average molecular weight is 337 g/mol.